The minimum atomic E-state index is -0.387. The summed E-state index contributed by atoms with van der Waals surface area (Å²) in [6.45, 7) is 7.15. The van der Waals surface area contributed by atoms with Crippen molar-refractivity contribution in [2.75, 3.05) is 68.3 Å². The fourth-order valence-electron chi connectivity index (χ4n) is 4.94. The molecule has 1 amide bonds. The SMILES string of the molecule is COc1ccc(Nc2nc(Nc3ccc(N4CCN(C)CC4)c(F)c3)ncc2C(=O)Nc2c(C)cccc2C)c(OC)c1. The summed E-state index contributed by atoms with van der Waals surface area (Å²) in [6, 6.07) is 16.1. The summed E-state index contributed by atoms with van der Waals surface area (Å²) in [6.07, 6.45) is 1.44. The standard InChI is InChI=1S/C32H36FN7O3/c1-20-7-6-8-21(2)29(20)37-31(41)24-19-34-32(38-30(24)36-26-11-10-23(42-4)18-28(26)43-5)35-22-9-12-27(25(33)17-22)40-15-13-39(3)14-16-40/h6-12,17-19H,13-16H2,1-5H3,(H,37,41)(H2,34,35,36,38). The number of para-hydroxylation sites is 1. The lowest BCUT2D eigenvalue weighted by Gasteiger charge is -2.34. The van der Waals surface area contributed by atoms with Crippen molar-refractivity contribution in [3.63, 3.8) is 0 Å². The normalized spacial score (nSPS) is 13.4. The van der Waals surface area contributed by atoms with Gasteiger partial charge in [0.15, 0.2) is 0 Å². The Morgan fingerprint density at radius 3 is 2.35 bits per heavy atom. The van der Waals surface area contributed by atoms with Gasteiger partial charge in [-0.25, -0.2) is 9.37 Å². The molecular weight excluding hydrogens is 549 g/mol. The second kappa shape index (κ2) is 13.0. The molecule has 1 saturated heterocycles. The van der Waals surface area contributed by atoms with Crippen molar-refractivity contribution >= 4 is 40.4 Å². The van der Waals surface area contributed by atoms with E-state index in [-0.39, 0.29) is 29.1 Å². The average Bonchev–Trinajstić information content (AvgIpc) is 3.00. The molecule has 0 unspecified atom stereocenters. The third kappa shape index (κ3) is 6.78. The number of anilines is 6. The van der Waals surface area contributed by atoms with Crippen molar-refractivity contribution in [1.82, 2.24) is 14.9 Å². The first kappa shape index (κ1) is 29.6. The zero-order valence-electron chi connectivity index (χ0n) is 25.0. The number of rotatable bonds is 9. The zero-order chi connectivity index (χ0) is 30.5. The van der Waals surface area contributed by atoms with E-state index in [1.54, 1.807) is 44.6 Å². The number of aryl methyl sites for hydroxylation is 2. The molecule has 1 aliphatic heterocycles. The first-order valence-corrected chi connectivity index (χ1v) is 14.0. The predicted molar refractivity (Wildman–Crippen MR) is 168 cm³/mol. The topological polar surface area (TPSA) is 104 Å². The largest absolute Gasteiger partial charge is 0.497 e. The van der Waals surface area contributed by atoms with E-state index in [1.807, 2.05) is 36.9 Å². The average molecular weight is 586 g/mol. The van der Waals surface area contributed by atoms with Crippen LogP contribution in [0, 0.1) is 19.7 Å². The fraction of sp³-hybridized carbons (Fsp3) is 0.281. The Hall–Kier alpha value is -4.90. The van der Waals surface area contributed by atoms with Crippen molar-refractivity contribution in [1.29, 1.82) is 0 Å². The summed E-state index contributed by atoms with van der Waals surface area (Å²) < 4.78 is 26.0. The highest BCUT2D eigenvalue weighted by atomic mass is 19.1. The number of nitrogens with one attached hydrogen (secondary N) is 3. The Morgan fingerprint density at radius 1 is 0.930 bits per heavy atom. The summed E-state index contributed by atoms with van der Waals surface area (Å²) in [7, 11) is 5.18. The van der Waals surface area contributed by atoms with Gasteiger partial charge in [-0.05, 0) is 62.4 Å². The Kier molecular flexibility index (Phi) is 8.91. The Morgan fingerprint density at radius 2 is 1.67 bits per heavy atom. The van der Waals surface area contributed by atoms with E-state index in [9.17, 15) is 4.79 Å². The minimum Gasteiger partial charge on any atom is -0.497 e. The van der Waals surface area contributed by atoms with Gasteiger partial charge in [0.25, 0.3) is 5.91 Å². The van der Waals surface area contributed by atoms with E-state index in [0.717, 1.165) is 43.0 Å². The quantitative estimate of drug-likeness (QED) is 0.227. The summed E-state index contributed by atoms with van der Waals surface area (Å²) in [4.78, 5) is 26.8. The van der Waals surface area contributed by atoms with Gasteiger partial charge in [0.1, 0.15) is 28.7 Å². The van der Waals surface area contributed by atoms with Gasteiger partial charge in [0, 0.05) is 49.8 Å². The minimum absolute atomic E-state index is 0.186. The number of carbonyl (C=O) groups excluding carboxylic acids is 1. The van der Waals surface area contributed by atoms with Gasteiger partial charge in [-0.3, -0.25) is 4.79 Å². The summed E-state index contributed by atoms with van der Waals surface area (Å²) >= 11 is 0. The van der Waals surface area contributed by atoms with E-state index >= 15 is 4.39 Å². The maximum atomic E-state index is 15.2. The predicted octanol–water partition coefficient (Wildman–Crippen LogP) is 5.74. The lowest BCUT2D eigenvalue weighted by atomic mass is 10.1. The highest BCUT2D eigenvalue weighted by molar-refractivity contribution is 6.08. The molecule has 11 heteroatoms. The smallest absolute Gasteiger partial charge is 0.261 e. The van der Waals surface area contributed by atoms with Crippen molar-refractivity contribution in [3.8, 4) is 11.5 Å². The van der Waals surface area contributed by atoms with Gasteiger partial charge in [-0.1, -0.05) is 18.2 Å². The third-order valence-electron chi connectivity index (χ3n) is 7.46. The molecule has 10 nitrogen and oxygen atoms in total. The van der Waals surface area contributed by atoms with E-state index in [2.05, 4.69) is 37.9 Å². The Bertz CT molecular complexity index is 1600. The van der Waals surface area contributed by atoms with Crippen LogP contribution in [0.2, 0.25) is 0 Å². The Balaban J connectivity index is 1.45. The van der Waals surface area contributed by atoms with Crippen LogP contribution in [0.5, 0.6) is 11.5 Å². The molecule has 0 aliphatic carbocycles. The number of likely N-dealkylation sites (N-methyl/N-ethyl adjacent to an activating group) is 1. The molecule has 224 valence electrons. The van der Waals surface area contributed by atoms with Gasteiger partial charge in [-0.2, -0.15) is 4.98 Å². The summed E-state index contributed by atoms with van der Waals surface area (Å²) in [5.41, 5.74) is 4.41. The molecule has 4 aromatic rings. The van der Waals surface area contributed by atoms with Crippen LogP contribution in [0.15, 0.2) is 60.8 Å². The second-order valence-electron chi connectivity index (χ2n) is 10.4. The molecule has 0 bridgehead atoms. The summed E-state index contributed by atoms with van der Waals surface area (Å²) in [5.74, 6) is 0.809. The van der Waals surface area contributed by atoms with Crippen LogP contribution >= 0.6 is 0 Å². The van der Waals surface area contributed by atoms with Crippen molar-refractivity contribution in [2.45, 2.75) is 13.8 Å². The number of piperazine rings is 1. The molecule has 0 spiro atoms. The van der Waals surface area contributed by atoms with Crippen LogP contribution in [0.4, 0.5) is 38.9 Å². The molecule has 43 heavy (non-hydrogen) atoms. The number of hydrogen-bond donors (Lipinski definition) is 3. The maximum Gasteiger partial charge on any atom is 0.261 e. The van der Waals surface area contributed by atoms with Gasteiger partial charge >= 0.3 is 0 Å². The van der Waals surface area contributed by atoms with Gasteiger partial charge in [-0.15, -0.1) is 0 Å². The molecule has 1 fully saturated rings. The van der Waals surface area contributed by atoms with Gasteiger partial charge in [0.2, 0.25) is 5.95 Å². The second-order valence-corrected chi connectivity index (χ2v) is 10.4. The number of ether oxygens (including phenoxy) is 2. The molecule has 0 radical (unpaired) electrons. The summed E-state index contributed by atoms with van der Waals surface area (Å²) in [5, 5.41) is 9.29. The number of hydrogen-bond acceptors (Lipinski definition) is 9. The monoisotopic (exact) mass is 585 g/mol. The highest BCUT2D eigenvalue weighted by Gasteiger charge is 2.20. The first-order valence-electron chi connectivity index (χ1n) is 14.0. The molecule has 0 atom stereocenters. The van der Waals surface area contributed by atoms with E-state index in [1.165, 1.54) is 12.3 Å². The molecule has 3 aromatic carbocycles. The number of aromatic nitrogens is 2. The number of carbonyl (C=O) groups is 1. The molecule has 1 aromatic heterocycles. The van der Waals surface area contributed by atoms with E-state index in [0.29, 0.717) is 28.6 Å². The molecular formula is C32H36FN7O3. The maximum absolute atomic E-state index is 15.2. The number of methoxy groups -OCH3 is 2. The molecule has 3 N–H and O–H groups in total. The zero-order valence-corrected chi connectivity index (χ0v) is 25.0. The molecule has 0 saturated carbocycles. The molecule has 2 heterocycles. The van der Waals surface area contributed by atoms with Crippen molar-refractivity contribution in [2.24, 2.45) is 0 Å². The van der Waals surface area contributed by atoms with Crippen LogP contribution in [-0.2, 0) is 0 Å². The van der Waals surface area contributed by atoms with Crippen molar-refractivity contribution < 1.29 is 18.7 Å². The lowest BCUT2D eigenvalue weighted by molar-refractivity contribution is 0.102. The van der Waals surface area contributed by atoms with Crippen molar-refractivity contribution in [3.05, 3.63) is 83.3 Å². The number of amides is 1. The fourth-order valence-corrected chi connectivity index (χ4v) is 4.94. The van der Waals surface area contributed by atoms with Crippen LogP contribution in [0.1, 0.15) is 21.5 Å². The van der Waals surface area contributed by atoms with Crippen LogP contribution in [-0.4, -0.2) is 68.2 Å². The molecule has 1 aliphatic rings. The first-order chi connectivity index (χ1) is 20.7. The third-order valence-corrected chi connectivity index (χ3v) is 7.46. The highest BCUT2D eigenvalue weighted by Crippen LogP contribution is 2.33. The van der Waals surface area contributed by atoms with Gasteiger partial charge in [0.05, 0.1) is 25.6 Å². The van der Waals surface area contributed by atoms with Crippen LogP contribution in [0.25, 0.3) is 0 Å². The molecule has 5 rings (SSSR count). The van der Waals surface area contributed by atoms with Gasteiger partial charge < -0.3 is 35.2 Å². The number of nitrogens with zero attached hydrogens (tertiary/aromatic N) is 4. The van der Waals surface area contributed by atoms with E-state index in [4.69, 9.17) is 9.47 Å². The number of halogens is 1. The lowest BCUT2D eigenvalue weighted by Crippen LogP contribution is -2.44. The van der Waals surface area contributed by atoms with Crippen LogP contribution < -0.4 is 30.3 Å². The van der Waals surface area contributed by atoms with E-state index < -0.39 is 0 Å². The Labute approximate surface area is 250 Å². The van der Waals surface area contributed by atoms with Crippen LogP contribution in [0.3, 0.4) is 0 Å². The number of benzene rings is 3.